The second-order valence-electron chi connectivity index (χ2n) is 7.50. The van der Waals surface area contributed by atoms with Gasteiger partial charge in [-0.1, -0.05) is 0 Å². The molecule has 3 nitrogen and oxygen atoms in total. The largest absolute Gasteiger partial charge is 0.342 e. The molecule has 0 spiro atoms. The van der Waals surface area contributed by atoms with Gasteiger partial charge in [0.1, 0.15) is 0 Å². The van der Waals surface area contributed by atoms with E-state index in [1.54, 1.807) is 0 Å². The average Bonchev–Trinajstić information content (AvgIpc) is 2.35. The van der Waals surface area contributed by atoms with Gasteiger partial charge in [-0.25, -0.2) is 0 Å². The molecule has 108 valence electrons. The molecule has 0 aliphatic heterocycles. The highest BCUT2D eigenvalue weighted by molar-refractivity contribution is 5.76. The van der Waals surface area contributed by atoms with Crippen LogP contribution in [0.3, 0.4) is 0 Å². The van der Waals surface area contributed by atoms with E-state index in [0.717, 1.165) is 17.8 Å². The molecule has 1 atom stereocenters. The van der Waals surface area contributed by atoms with Crippen LogP contribution < -0.4 is 5.73 Å². The van der Waals surface area contributed by atoms with Crippen molar-refractivity contribution in [3.05, 3.63) is 0 Å². The fourth-order valence-corrected chi connectivity index (χ4v) is 5.62. The molecule has 0 heterocycles. The lowest BCUT2D eigenvalue weighted by atomic mass is 9.47. The molecule has 4 aliphatic rings. The Morgan fingerprint density at radius 1 is 1.21 bits per heavy atom. The minimum absolute atomic E-state index is 0.228. The Balaban J connectivity index is 1.75. The first-order chi connectivity index (χ1) is 9.04. The molecule has 1 unspecified atom stereocenters. The molecule has 4 fully saturated rings. The summed E-state index contributed by atoms with van der Waals surface area (Å²) in [5, 5.41) is 0. The van der Waals surface area contributed by atoms with Gasteiger partial charge in [-0.15, -0.1) is 0 Å². The minimum Gasteiger partial charge on any atom is -0.342 e. The van der Waals surface area contributed by atoms with E-state index >= 15 is 0 Å². The van der Waals surface area contributed by atoms with Crippen molar-refractivity contribution in [1.29, 1.82) is 0 Å². The van der Waals surface area contributed by atoms with Crippen LogP contribution in [0, 0.1) is 23.2 Å². The molecule has 0 radical (unpaired) electrons. The van der Waals surface area contributed by atoms with Gasteiger partial charge in [0.25, 0.3) is 0 Å². The molecule has 3 heteroatoms. The number of hydrogen-bond acceptors (Lipinski definition) is 2. The predicted molar refractivity (Wildman–Crippen MR) is 76.5 cm³/mol. The fraction of sp³-hybridized carbons (Fsp3) is 0.938. The van der Waals surface area contributed by atoms with Crippen molar-refractivity contribution >= 4 is 5.91 Å². The van der Waals surface area contributed by atoms with Crippen LogP contribution in [0.5, 0.6) is 0 Å². The van der Waals surface area contributed by atoms with E-state index in [2.05, 4.69) is 6.92 Å². The monoisotopic (exact) mass is 264 g/mol. The smallest absolute Gasteiger partial charge is 0.223 e. The van der Waals surface area contributed by atoms with Crippen LogP contribution in [-0.4, -0.2) is 30.4 Å². The standard InChI is InChI=1S/C16H28N2O/c1-11(18(2)15(19)3-4-17)16-8-12-5-13(9-16)7-14(6-12)10-16/h11-14H,3-10,17H2,1-2H3. The van der Waals surface area contributed by atoms with Crippen LogP contribution in [0.1, 0.15) is 51.9 Å². The topological polar surface area (TPSA) is 46.3 Å². The van der Waals surface area contributed by atoms with Crippen molar-refractivity contribution in [3.63, 3.8) is 0 Å². The maximum atomic E-state index is 12.1. The van der Waals surface area contributed by atoms with Crippen LogP contribution >= 0.6 is 0 Å². The van der Waals surface area contributed by atoms with E-state index in [1.807, 2.05) is 11.9 Å². The zero-order valence-corrected chi connectivity index (χ0v) is 12.4. The van der Waals surface area contributed by atoms with Crippen molar-refractivity contribution in [1.82, 2.24) is 4.90 Å². The Kier molecular flexibility index (Phi) is 3.36. The first-order valence-electron chi connectivity index (χ1n) is 8.00. The number of nitrogens with two attached hydrogens (primary N) is 1. The van der Waals surface area contributed by atoms with Crippen molar-refractivity contribution in [2.24, 2.45) is 28.9 Å². The molecular weight excluding hydrogens is 236 g/mol. The highest BCUT2D eigenvalue weighted by Crippen LogP contribution is 2.61. The Morgan fingerprint density at radius 2 is 1.68 bits per heavy atom. The van der Waals surface area contributed by atoms with Crippen LogP contribution in [0.15, 0.2) is 0 Å². The predicted octanol–water partition coefficient (Wildman–Crippen LogP) is 2.40. The van der Waals surface area contributed by atoms with Gasteiger partial charge in [-0.05, 0) is 68.6 Å². The van der Waals surface area contributed by atoms with Crippen molar-refractivity contribution in [2.45, 2.75) is 57.9 Å². The van der Waals surface area contributed by atoms with E-state index in [4.69, 9.17) is 5.73 Å². The van der Waals surface area contributed by atoms with Gasteiger partial charge in [0.15, 0.2) is 0 Å². The van der Waals surface area contributed by atoms with Crippen molar-refractivity contribution < 1.29 is 4.79 Å². The number of hydrogen-bond donors (Lipinski definition) is 1. The van der Waals surface area contributed by atoms with Crippen molar-refractivity contribution in [3.8, 4) is 0 Å². The summed E-state index contributed by atoms with van der Waals surface area (Å²) < 4.78 is 0. The maximum absolute atomic E-state index is 12.1. The molecule has 4 aliphatic carbocycles. The summed E-state index contributed by atoms with van der Waals surface area (Å²) in [7, 11) is 1.99. The highest BCUT2D eigenvalue weighted by atomic mass is 16.2. The van der Waals surface area contributed by atoms with Crippen LogP contribution in [-0.2, 0) is 4.79 Å². The molecule has 1 amide bonds. The first-order valence-corrected chi connectivity index (χ1v) is 8.00. The molecule has 4 saturated carbocycles. The summed E-state index contributed by atoms with van der Waals surface area (Å²) >= 11 is 0. The minimum atomic E-state index is 0.228. The molecule has 0 aromatic heterocycles. The van der Waals surface area contributed by atoms with Gasteiger partial charge in [-0.2, -0.15) is 0 Å². The third-order valence-electron chi connectivity index (χ3n) is 6.30. The quantitative estimate of drug-likeness (QED) is 0.847. The summed E-state index contributed by atoms with van der Waals surface area (Å²) in [5.74, 6) is 3.08. The van der Waals surface area contributed by atoms with E-state index in [1.165, 1.54) is 38.5 Å². The van der Waals surface area contributed by atoms with Gasteiger partial charge in [0.2, 0.25) is 5.91 Å². The molecule has 0 aromatic carbocycles. The lowest BCUT2D eigenvalue weighted by Crippen LogP contribution is -2.56. The molecule has 0 aromatic rings. The number of carbonyl (C=O) groups excluding carboxylic acids is 1. The van der Waals surface area contributed by atoms with Gasteiger partial charge >= 0.3 is 0 Å². The third kappa shape index (κ3) is 2.20. The SMILES string of the molecule is CC(N(C)C(=O)CCN)C12CC3CC(CC(C3)C1)C2. The zero-order valence-electron chi connectivity index (χ0n) is 12.4. The number of rotatable bonds is 4. The molecular formula is C16H28N2O. The molecule has 0 saturated heterocycles. The van der Waals surface area contributed by atoms with Gasteiger partial charge < -0.3 is 10.6 Å². The normalized spacial score (nSPS) is 41.3. The van der Waals surface area contributed by atoms with Gasteiger partial charge in [0, 0.05) is 26.1 Å². The summed E-state index contributed by atoms with van der Waals surface area (Å²) in [5.41, 5.74) is 5.95. The average molecular weight is 264 g/mol. The third-order valence-corrected chi connectivity index (χ3v) is 6.30. The Bertz CT molecular complexity index is 330. The molecule has 4 bridgehead atoms. The second-order valence-corrected chi connectivity index (χ2v) is 7.50. The highest BCUT2D eigenvalue weighted by Gasteiger charge is 2.54. The second kappa shape index (κ2) is 4.76. The van der Waals surface area contributed by atoms with E-state index in [9.17, 15) is 4.79 Å². The van der Waals surface area contributed by atoms with Gasteiger partial charge in [-0.3, -0.25) is 4.79 Å². The van der Waals surface area contributed by atoms with E-state index < -0.39 is 0 Å². The summed E-state index contributed by atoms with van der Waals surface area (Å²) in [6.45, 7) is 2.75. The number of amides is 1. The van der Waals surface area contributed by atoms with E-state index in [-0.39, 0.29) is 5.91 Å². The maximum Gasteiger partial charge on any atom is 0.223 e. The lowest BCUT2D eigenvalue weighted by molar-refractivity contribution is -0.142. The summed E-state index contributed by atoms with van der Waals surface area (Å²) in [4.78, 5) is 14.1. The summed E-state index contributed by atoms with van der Waals surface area (Å²) in [6, 6.07) is 0.389. The number of nitrogens with zero attached hydrogens (tertiary/aromatic N) is 1. The zero-order chi connectivity index (χ0) is 13.6. The molecule has 19 heavy (non-hydrogen) atoms. The lowest BCUT2D eigenvalue weighted by Gasteiger charge is -2.60. The fourth-order valence-electron chi connectivity index (χ4n) is 5.62. The van der Waals surface area contributed by atoms with Crippen LogP contribution in [0.4, 0.5) is 0 Å². The van der Waals surface area contributed by atoms with Crippen LogP contribution in [0.2, 0.25) is 0 Å². The summed E-state index contributed by atoms with van der Waals surface area (Å²) in [6.07, 6.45) is 8.97. The molecule has 2 N–H and O–H groups in total. The Labute approximate surface area is 116 Å². The Hall–Kier alpha value is -0.570. The number of carbonyl (C=O) groups is 1. The van der Waals surface area contributed by atoms with Gasteiger partial charge in [0.05, 0.1) is 0 Å². The van der Waals surface area contributed by atoms with Crippen LogP contribution in [0.25, 0.3) is 0 Å². The first kappa shape index (κ1) is 13.4. The molecule has 4 rings (SSSR count). The van der Waals surface area contributed by atoms with Crippen molar-refractivity contribution in [2.75, 3.05) is 13.6 Å². The Morgan fingerprint density at radius 3 is 2.11 bits per heavy atom. The van der Waals surface area contributed by atoms with E-state index in [0.29, 0.717) is 24.4 Å².